The molecular weight excluding hydrogens is 423 g/mol. The lowest BCUT2D eigenvalue weighted by Gasteiger charge is -2.26. The number of sulfonamides is 1. The fraction of sp³-hybridized carbons (Fsp3) is 0.238. The number of nitrogens with one attached hydrogen (secondary N) is 1. The lowest BCUT2D eigenvalue weighted by atomic mass is 10.1. The minimum atomic E-state index is -3.74. The molecule has 2 heterocycles. The second kappa shape index (κ2) is 8.58. The number of morpholine rings is 1. The summed E-state index contributed by atoms with van der Waals surface area (Å²) < 4.78 is 48.4. The highest BCUT2D eigenvalue weighted by Crippen LogP contribution is 2.23. The Balaban J connectivity index is 1.57. The normalized spacial score (nSPS) is 15.0. The first-order valence-electron chi connectivity index (χ1n) is 9.64. The van der Waals surface area contributed by atoms with Crippen LogP contribution in [0, 0.1) is 12.7 Å². The zero-order valence-electron chi connectivity index (χ0n) is 16.8. The lowest BCUT2D eigenvalue weighted by Crippen LogP contribution is -2.40. The number of rotatable bonds is 5. The van der Waals surface area contributed by atoms with E-state index < -0.39 is 21.7 Å². The molecule has 0 spiro atoms. The van der Waals surface area contributed by atoms with Crippen LogP contribution in [0.1, 0.15) is 15.9 Å². The largest absolute Gasteiger partial charge is 0.379 e. The maximum atomic E-state index is 14.5. The van der Waals surface area contributed by atoms with E-state index >= 15 is 0 Å². The van der Waals surface area contributed by atoms with Gasteiger partial charge in [0.05, 0.1) is 30.1 Å². The molecule has 162 valence electrons. The van der Waals surface area contributed by atoms with E-state index in [0.717, 1.165) is 0 Å². The predicted octanol–water partition coefficient (Wildman–Crippen LogP) is 2.59. The van der Waals surface area contributed by atoms with Gasteiger partial charge in [-0.2, -0.15) is 4.31 Å². The summed E-state index contributed by atoms with van der Waals surface area (Å²) in [6.07, 6.45) is 4.62. The minimum absolute atomic E-state index is 0.0341. The highest BCUT2D eigenvalue weighted by Gasteiger charge is 2.27. The molecule has 0 unspecified atom stereocenters. The Bertz CT molecular complexity index is 1210. The summed E-state index contributed by atoms with van der Waals surface area (Å²) in [6.45, 7) is 2.90. The summed E-state index contributed by atoms with van der Waals surface area (Å²) in [5.74, 6) is -1.05. The average molecular weight is 444 g/mol. The maximum absolute atomic E-state index is 14.5. The topological polar surface area (TPSA) is 93.5 Å². The van der Waals surface area contributed by atoms with Crippen LogP contribution < -0.4 is 5.32 Å². The second-order valence-electron chi connectivity index (χ2n) is 7.08. The van der Waals surface area contributed by atoms with Gasteiger partial charge in [-0.05, 0) is 42.8 Å². The molecule has 1 N–H and O–H groups in total. The van der Waals surface area contributed by atoms with Crippen LogP contribution in [0.4, 0.5) is 10.1 Å². The van der Waals surface area contributed by atoms with E-state index in [1.54, 1.807) is 25.3 Å². The summed E-state index contributed by atoms with van der Waals surface area (Å²) in [5.41, 5.74) is 1.36. The molecule has 0 saturated carbocycles. The van der Waals surface area contributed by atoms with Gasteiger partial charge in [0.1, 0.15) is 5.82 Å². The first-order valence-corrected chi connectivity index (χ1v) is 11.1. The molecule has 1 fully saturated rings. The molecule has 10 heteroatoms. The molecule has 0 bridgehead atoms. The Kier molecular flexibility index (Phi) is 5.86. The van der Waals surface area contributed by atoms with Gasteiger partial charge in [0, 0.05) is 36.7 Å². The molecule has 1 amide bonds. The van der Waals surface area contributed by atoms with E-state index in [9.17, 15) is 17.6 Å². The highest BCUT2D eigenvalue weighted by atomic mass is 32.2. The molecule has 0 radical (unpaired) electrons. The number of hydrogen-bond donors (Lipinski definition) is 1. The highest BCUT2D eigenvalue weighted by molar-refractivity contribution is 7.89. The van der Waals surface area contributed by atoms with Crippen molar-refractivity contribution in [3.8, 4) is 5.69 Å². The Hall–Kier alpha value is -3.08. The van der Waals surface area contributed by atoms with Crippen LogP contribution in [0.25, 0.3) is 5.69 Å². The van der Waals surface area contributed by atoms with Gasteiger partial charge >= 0.3 is 0 Å². The van der Waals surface area contributed by atoms with Crippen LogP contribution in [0.15, 0.2) is 60.0 Å². The molecule has 8 nitrogen and oxygen atoms in total. The van der Waals surface area contributed by atoms with E-state index in [0.29, 0.717) is 24.5 Å². The molecule has 0 atom stereocenters. The summed E-state index contributed by atoms with van der Waals surface area (Å²) >= 11 is 0. The van der Waals surface area contributed by atoms with Crippen LogP contribution in [0.3, 0.4) is 0 Å². The molecule has 1 saturated heterocycles. The molecule has 31 heavy (non-hydrogen) atoms. The number of amides is 1. The van der Waals surface area contributed by atoms with Crippen LogP contribution in [-0.2, 0) is 14.8 Å². The number of halogens is 1. The van der Waals surface area contributed by atoms with Gasteiger partial charge in [-0.1, -0.05) is 6.07 Å². The Morgan fingerprint density at radius 2 is 1.94 bits per heavy atom. The third-order valence-electron chi connectivity index (χ3n) is 5.05. The summed E-state index contributed by atoms with van der Waals surface area (Å²) in [5, 5.41) is 2.64. The van der Waals surface area contributed by atoms with Crippen molar-refractivity contribution in [3.05, 3.63) is 72.1 Å². The van der Waals surface area contributed by atoms with Crippen LogP contribution >= 0.6 is 0 Å². The molecule has 1 aliphatic rings. The SMILES string of the molecule is Cc1ccc(S(=O)(=O)N2CCOCC2)cc1C(=O)Nc1ccc(-n2ccnc2)c(F)c1. The number of aryl methyl sites for hydroxylation is 1. The number of carbonyl (C=O) groups excluding carboxylic acids is 1. The number of carbonyl (C=O) groups is 1. The number of benzene rings is 2. The van der Waals surface area contributed by atoms with E-state index in [1.807, 2.05) is 0 Å². The van der Waals surface area contributed by atoms with Gasteiger partial charge in [0.2, 0.25) is 10.0 Å². The Labute approximate surface area is 179 Å². The molecule has 2 aromatic carbocycles. The van der Waals surface area contributed by atoms with Crippen molar-refractivity contribution in [2.24, 2.45) is 0 Å². The third kappa shape index (κ3) is 4.36. The van der Waals surface area contributed by atoms with Crippen molar-refractivity contribution in [3.63, 3.8) is 0 Å². The first-order chi connectivity index (χ1) is 14.9. The molecule has 3 aromatic rings. The molecule has 4 rings (SSSR count). The van der Waals surface area contributed by atoms with E-state index in [2.05, 4.69) is 10.3 Å². The van der Waals surface area contributed by atoms with Crippen molar-refractivity contribution >= 4 is 21.6 Å². The summed E-state index contributed by atoms with van der Waals surface area (Å²) in [6, 6.07) is 8.72. The van der Waals surface area contributed by atoms with Crippen molar-refractivity contribution in [2.75, 3.05) is 31.6 Å². The third-order valence-corrected chi connectivity index (χ3v) is 6.94. The second-order valence-corrected chi connectivity index (χ2v) is 9.02. The number of aromatic nitrogens is 2. The molecule has 1 aliphatic heterocycles. The average Bonchev–Trinajstić information content (AvgIpc) is 3.29. The smallest absolute Gasteiger partial charge is 0.255 e. The van der Waals surface area contributed by atoms with E-state index in [4.69, 9.17) is 4.74 Å². The molecule has 0 aliphatic carbocycles. The van der Waals surface area contributed by atoms with Gasteiger partial charge < -0.3 is 14.6 Å². The van der Waals surface area contributed by atoms with Gasteiger partial charge in [-0.25, -0.2) is 17.8 Å². The number of hydrogen-bond acceptors (Lipinski definition) is 5. The van der Waals surface area contributed by atoms with Crippen molar-refractivity contribution < 1.29 is 22.3 Å². The van der Waals surface area contributed by atoms with Gasteiger partial charge in [-0.3, -0.25) is 4.79 Å². The van der Waals surface area contributed by atoms with Crippen LogP contribution in [-0.4, -0.2) is 54.5 Å². The van der Waals surface area contributed by atoms with Gasteiger partial charge in [0.15, 0.2) is 0 Å². The lowest BCUT2D eigenvalue weighted by molar-refractivity contribution is 0.0730. The molecular formula is C21H21FN4O4S. The Morgan fingerprint density at radius 1 is 1.16 bits per heavy atom. The van der Waals surface area contributed by atoms with E-state index in [1.165, 1.54) is 45.7 Å². The zero-order valence-corrected chi connectivity index (χ0v) is 17.6. The maximum Gasteiger partial charge on any atom is 0.255 e. The number of imidazole rings is 1. The number of ether oxygens (including phenoxy) is 1. The predicted molar refractivity (Wildman–Crippen MR) is 112 cm³/mol. The fourth-order valence-corrected chi connectivity index (χ4v) is 4.77. The summed E-state index contributed by atoms with van der Waals surface area (Å²) in [7, 11) is -3.74. The van der Waals surface area contributed by atoms with Crippen LogP contribution in [0.5, 0.6) is 0 Å². The van der Waals surface area contributed by atoms with Crippen molar-refractivity contribution in [2.45, 2.75) is 11.8 Å². The Morgan fingerprint density at radius 3 is 2.61 bits per heavy atom. The fourth-order valence-electron chi connectivity index (χ4n) is 3.34. The van der Waals surface area contributed by atoms with E-state index in [-0.39, 0.29) is 29.2 Å². The standard InChI is InChI=1S/C21H21FN4O4S/c1-15-2-4-17(31(28,29)26-8-10-30-11-9-26)13-18(15)21(27)24-16-3-5-20(19(22)12-16)25-7-6-23-14-25/h2-7,12-14H,8-11H2,1H3,(H,24,27). The number of nitrogens with zero attached hydrogens (tertiary/aromatic N) is 3. The minimum Gasteiger partial charge on any atom is -0.379 e. The van der Waals surface area contributed by atoms with Gasteiger partial charge in [-0.15, -0.1) is 0 Å². The van der Waals surface area contributed by atoms with Crippen molar-refractivity contribution in [1.29, 1.82) is 0 Å². The van der Waals surface area contributed by atoms with Crippen LogP contribution in [0.2, 0.25) is 0 Å². The quantitative estimate of drug-likeness (QED) is 0.653. The summed E-state index contributed by atoms with van der Waals surface area (Å²) in [4.78, 5) is 16.8. The first kappa shape index (κ1) is 21.2. The van der Waals surface area contributed by atoms with Gasteiger partial charge in [0.25, 0.3) is 5.91 Å². The zero-order chi connectivity index (χ0) is 22.0. The number of anilines is 1. The van der Waals surface area contributed by atoms with Crippen molar-refractivity contribution in [1.82, 2.24) is 13.9 Å². The molecule has 1 aromatic heterocycles. The monoisotopic (exact) mass is 444 g/mol.